The largest absolute Gasteiger partial charge is 0.340 e. The van der Waals surface area contributed by atoms with Crippen molar-refractivity contribution in [1.82, 2.24) is 19.3 Å². The van der Waals surface area contributed by atoms with Crippen molar-refractivity contribution in [3.05, 3.63) is 51.7 Å². The summed E-state index contributed by atoms with van der Waals surface area (Å²) in [4.78, 5) is 16.4. The summed E-state index contributed by atoms with van der Waals surface area (Å²) in [6.45, 7) is 4.16. The van der Waals surface area contributed by atoms with Gasteiger partial charge in [0.15, 0.2) is 5.82 Å². The van der Waals surface area contributed by atoms with Crippen LogP contribution >= 0.6 is 0 Å². The van der Waals surface area contributed by atoms with E-state index in [0.29, 0.717) is 50.0 Å². The van der Waals surface area contributed by atoms with E-state index in [1.807, 2.05) is 0 Å². The van der Waals surface area contributed by atoms with Gasteiger partial charge in [0.05, 0.1) is 17.2 Å². The number of nitro groups is 1. The van der Waals surface area contributed by atoms with Crippen LogP contribution in [0.5, 0.6) is 0 Å². The molecule has 11 heteroatoms. The van der Waals surface area contributed by atoms with Crippen LogP contribution in [0.25, 0.3) is 0 Å². The molecule has 1 aromatic carbocycles. The van der Waals surface area contributed by atoms with Crippen LogP contribution in [0.3, 0.4) is 0 Å². The number of nitro benzene ring substituents is 1. The number of hydrogen-bond acceptors (Lipinski definition) is 8. The smallest absolute Gasteiger partial charge is 0.269 e. The molecule has 1 saturated heterocycles. The quantitative estimate of drug-likeness (QED) is 0.535. The zero-order chi connectivity index (χ0) is 18.7. The van der Waals surface area contributed by atoms with Gasteiger partial charge in [-0.25, -0.2) is 8.42 Å². The maximum atomic E-state index is 12.6. The minimum atomic E-state index is -3.47. The second kappa shape index (κ2) is 7.48. The minimum absolute atomic E-state index is 0.0588. The van der Waals surface area contributed by atoms with E-state index >= 15 is 0 Å². The molecule has 0 radical (unpaired) electrons. The van der Waals surface area contributed by atoms with Crippen LogP contribution < -0.4 is 0 Å². The van der Waals surface area contributed by atoms with Gasteiger partial charge in [0.25, 0.3) is 5.69 Å². The predicted molar refractivity (Wildman–Crippen MR) is 91.6 cm³/mol. The van der Waals surface area contributed by atoms with E-state index in [4.69, 9.17) is 4.52 Å². The van der Waals surface area contributed by atoms with Gasteiger partial charge in [0.2, 0.25) is 15.9 Å². The molecular formula is C15H19N5O5S. The van der Waals surface area contributed by atoms with E-state index in [-0.39, 0.29) is 11.4 Å². The maximum Gasteiger partial charge on any atom is 0.269 e. The Labute approximate surface area is 150 Å². The third-order valence-corrected chi connectivity index (χ3v) is 6.01. The first-order valence-electron chi connectivity index (χ1n) is 8.06. The molecule has 26 heavy (non-hydrogen) atoms. The lowest BCUT2D eigenvalue weighted by Crippen LogP contribution is -2.48. The number of rotatable bonds is 6. The number of aromatic nitrogens is 2. The molecule has 2 aromatic rings. The first-order chi connectivity index (χ1) is 12.3. The van der Waals surface area contributed by atoms with Crippen LogP contribution in [0.2, 0.25) is 0 Å². The normalized spacial score (nSPS) is 16.7. The van der Waals surface area contributed by atoms with Gasteiger partial charge in [-0.15, -0.1) is 0 Å². The molecule has 0 N–H and O–H groups in total. The molecular weight excluding hydrogens is 362 g/mol. The molecule has 0 spiro atoms. The maximum absolute atomic E-state index is 12.6. The third-order valence-electron chi connectivity index (χ3n) is 4.16. The van der Waals surface area contributed by atoms with Gasteiger partial charge >= 0.3 is 0 Å². The fourth-order valence-corrected chi connectivity index (χ4v) is 4.30. The number of benzene rings is 1. The summed E-state index contributed by atoms with van der Waals surface area (Å²) < 4.78 is 31.5. The molecule has 2 heterocycles. The first-order valence-corrected chi connectivity index (χ1v) is 9.67. The Morgan fingerprint density at radius 2 is 1.85 bits per heavy atom. The second-order valence-electron chi connectivity index (χ2n) is 6.08. The SMILES string of the molecule is Cc1nc(CN2CCN(S(=O)(=O)Cc3ccc([N+](=O)[O-])cc3)CC2)no1. The fraction of sp³-hybridized carbons (Fsp3) is 0.467. The summed E-state index contributed by atoms with van der Waals surface area (Å²) in [5.41, 5.74) is 0.469. The second-order valence-corrected chi connectivity index (χ2v) is 8.05. The zero-order valence-corrected chi connectivity index (χ0v) is 15.1. The van der Waals surface area contributed by atoms with Gasteiger partial charge in [-0.2, -0.15) is 9.29 Å². The molecule has 1 aromatic heterocycles. The molecule has 0 bridgehead atoms. The van der Waals surface area contributed by atoms with E-state index in [9.17, 15) is 18.5 Å². The van der Waals surface area contributed by atoms with E-state index in [1.54, 1.807) is 6.92 Å². The Kier molecular flexibility index (Phi) is 5.30. The Morgan fingerprint density at radius 1 is 1.19 bits per heavy atom. The first kappa shape index (κ1) is 18.4. The average molecular weight is 381 g/mol. The predicted octanol–water partition coefficient (Wildman–Crippen LogP) is 0.934. The number of aryl methyl sites for hydroxylation is 1. The fourth-order valence-electron chi connectivity index (χ4n) is 2.79. The van der Waals surface area contributed by atoms with Crippen molar-refractivity contribution in [1.29, 1.82) is 0 Å². The van der Waals surface area contributed by atoms with Crippen molar-refractivity contribution in [3.8, 4) is 0 Å². The topological polar surface area (TPSA) is 123 Å². The summed E-state index contributed by atoms with van der Waals surface area (Å²) in [5, 5.41) is 14.5. The van der Waals surface area contributed by atoms with E-state index in [1.165, 1.54) is 28.6 Å². The average Bonchev–Trinajstić information content (AvgIpc) is 3.00. The van der Waals surface area contributed by atoms with E-state index < -0.39 is 14.9 Å². The van der Waals surface area contributed by atoms with Gasteiger partial charge < -0.3 is 4.52 Å². The molecule has 0 amide bonds. The van der Waals surface area contributed by atoms with Crippen LogP contribution in [0.15, 0.2) is 28.8 Å². The van der Waals surface area contributed by atoms with E-state index in [0.717, 1.165) is 0 Å². The molecule has 10 nitrogen and oxygen atoms in total. The molecule has 3 rings (SSSR count). The van der Waals surface area contributed by atoms with Gasteiger partial charge in [0.1, 0.15) is 0 Å². The highest BCUT2D eigenvalue weighted by Crippen LogP contribution is 2.17. The Bertz CT molecular complexity index is 872. The van der Waals surface area contributed by atoms with E-state index in [2.05, 4.69) is 15.0 Å². The van der Waals surface area contributed by atoms with Crippen LogP contribution in [0, 0.1) is 17.0 Å². The summed E-state index contributed by atoms with van der Waals surface area (Å²) >= 11 is 0. The van der Waals surface area contributed by atoms with Crippen LogP contribution in [-0.4, -0.2) is 58.9 Å². The van der Waals surface area contributed by atoms with Gasteiger partial charge in [0, 0.05) is 45.2 Å². The Morgan fingerprint density at radius 3 is 2.38 bits per heavy atom. The number of piperazine rings is 1. The lowest BCUT2D eigenvalue weighted by atomic mass is 10.2. The molecule has 1 aliphatic rings. The highest BCUT2D eigenvalue weighted by molar-refractivity contribution is 7.88. The monoisotopic (exact) mass is 381 g/mol. The van der Waals surface area contributed by atoms with Gasteiger partial charge in [-0.05, 0) is 5.56 Å². The number of sulfonamides is 1. The molecule has 140 valence electrons. The van der Waals surface area contributed by atoms with Crippen molar-refractivity contribution in [2.45, 2.75) is 19.2 Å². The number of hydrogen-bond donors (Lipinski definition) is 0. The number of nitrogens with zero attached hydrogens (tertiary/aromatic N) is 5. The molecule has 0 atom stereocenters. The lowest BCUT2D eigenvalue weighted by Gasteiger charge is -2.33. The highest BCUT2D eigenvalue weighted by Gasteiger charge is 2.27. The van der Waals surface area contributed by atoms with Crippen molar-refractivity contribution in [3.63, 3.8) is 0 Å². The molecule has 0 aliphatic carbocycles. The van der Waals surface area contributed by atoms with Crippen molar-refractivity contribution in [2.24, 2.45) is 0 Å². The number of non-ortho nitro benzene ring substituents is 1. The minimum Gasteiger partial charge on any atom is -0.340 e. The summed E-state index contributed by atoms with van der Waals surface area (Å²) in [6.07, 6.45) is 0. The summed E-state index contributed by atoms with van der Waals surface area (Å²) in [6, 6.07) is 5.58. The Balaban J connectivity index is 1.56. The highest BCUT2D eigenvalue weighted by atomic mass is 32.2. The van der Waals surface area contributed by atoms with Crippen molar-refractivity contribution < 1.29 is 17.9 Å². The Hall–Kier alpha value is -2.37. The summed E-state index contributed by atoms with van der Waals surface area (Å²) in [7, 11) is -3.47. The van der Waals surface area contributed by atoms with Crippen LogP contribution in [0.1, 0.15) is 17.3 Å². The molecule has 0 unspecified atom stereocenters. The van der Waals surface area contributed by atoms with Crippen molar-refractivity contribution >= 4 is 15.7 Å². The third kappa shape index (κ3) is 4.42. The lowest BCUT2D eigenvalue weighted by molar-refractivity contribution is -0.384. The van der Waals surface area contributed by atoms with Gasteiger partial charge in [-0.3, -0.25) is 15.0 Å². The molecule has 1 fully saturated rings. The summed E-state index contributed by atoms with van der Waals surface area (Å²) in [5.74, 6) is 0.920. The van der Waals surface area contributed by atoms with Crippen LogP contribution in [0.4, 0.5) is 5.69 Å². The molecule has 0 saturated carbocycles. The molecule has 1 aliphatic heterocycles. The standard InChI is InChI=1S/C15H19N5O5S/c1-12-16-15(17-25-12)10-18-6-8-19(9-7-18)26(23,24)11-13-2-4-14(5-3-13)20(21)22/h2-5H,6-11H2,1H3. The van der Waals surface area contributed by atoms with Crippen molar-refractivity contribution in [2.75, 3.05) is 26.2 Å². The zero-order valence-electron chi connectivity index (χ0n) is 14.2. The van der Waals surface area contributed by atoms with Gasteiger partial charge in [-0.1, -0.05) is 17.3 Å². The van der Waals surface area contributed by atoms with Crippen LogP contribution in [-0.2, 0) is 22.3 Å².